The van der Waals surface area contributed by atoms with Crippen LogP contribution in [0.2, 0.25) is 0 Å². The van der Waals surface area contributed by atoms with Gasteiger partial charge in [0.05, 0.1) is 5.56 Å². The minimum Gasteiger partial charge on any atom is -0.360 e. The van der Waals surface area contributed by atoms with E-state index in [1.165, 1.54) is 0 Å². The molecule has 0 fully saturated rings. The van der Waals surface area contributed by atoms with Gasteiger partial charge in [-0.05, 0) is 11.6 Å². The van der Waals surface area contributed by atoms with Crippen molar-refractivity contribution >= 4 is 16.8 Å². The van der Waals surface area contributed by atoms with Crippen molar-refractivity contribution < 1.29 is 4.79 Å². The van der Waals surface area contributed by atoms with Gasteiger partial charge in [0.1, 0.15) is 0 Å². The number of benzene rings is 2. The summed E-state index contributed by atoms with van der Waals surface area (Å²) in [6.07, 6.45) is 1.73. The maximum Gasteiger partial charge on any atom is 0.253 e. The van der Waals surface area contributed by atoms with E-state index in [1.807, 2.05) is 54.6 Å². The van der Waals surface area contributed by atoms with E-state index in [0.29, 0.717) is 12.1 Å². The summed E-state index contributed by atoms with van der Waals surface area (Å²) in [5.74, 6) is -0.112. The van der Waals surface area contributed by atoms with Gasteiger partial charge in [-0.25, -0.2) is 0 Å². The Kier molecular flexibility index (Phi) is 3.71. The molecule has 1 amide bonds. The number of carbonyl (C=O) groups is 1. The first-order valence-electron chi connectivity index (χ1n) is 6.90. The van der Waals surface area contributed by atoms with Crippen molar-refractivity contribution in [2.45, 2.75) is 6.04 Å². The molecule has 0 radical (unpaired) electrons. The predicted molar refractivity (Wildman–Crippen MR) is 84.0 cm³/mol. The summed E-state index contributed by atoms with van der Waals surface area (Å²) in [7, 11) is 0. The quantitative estimate of drug-likeness (QED) is 0.687. The molecule has 21 heavy (non-hydrogen) atoms. The molecule has 4 nitrogen and oxygen atoms in total. The first-order valence-corrected chi connectivity index (χ1v) is 6.90. The van der Waals surface area contributed by atoms with Crippen LogP contribution in [0.1, 0.15) is 22.0 Å². The van der Waals surface area contributed by atoms with Gasteiger partial charge in [-0.15, -0.1) is 0 Å². The summed E-state index contributed by atoms with van der Waals surface area (Å²) in [4.78, 5) is 15.4. The standard InChI is InChI=1S/C17H17N3O/c18-15(12-6-2-1-3-7-12)11-20-17(21)14-10-19-16-9-5-4-8-13(14)16/h1-10,15,19H,11,18H2,(H,20,21). The van der Waals surface area contributed by atoms with E-state index in [2.05, 4.69) is 10.3 Å². The molecule has 0 bridgehead atoms. The monoisotopic (exact) mass is 279 g/mol. The van der Waals surface area contributed by atoms with Gasteiger partial charge >= 0.3 is 0 Å². The molecule has 4 N–H and O–H groups in total. The summed E-state index contributed by atoms with van der Waals surface area (Å²) in [6.45, 7) is 0.405. The van der Waals surface area contributed by atoms with Gasteiger partial charge in [0.15, 0.2) is 0 Å². The number of para-hydroxylation sites is 1. The molecule has 3 aromatic rings. The summed E-state index contributed by atoms with van der Waals surface area (Å²) < 4.78 is 0. The Balaban J connectivity index is 1.70. The second kappa shape index (κ2) is 5.81. The minimum absolute atomic E-state index is 0.112. The molecule has 0 saturated carbocycles. The summed E-state index contributed by atoms with van der Waals surface area (Å²) >= 11 is 0. The summed E-state index contributed by atoms with van der Waals surface area (Å²) in [5.41, 5.74) is 8.70. The number of amides is 1. The third-order valence-corrected chi connectivity index (χ3v) is 3.54. The number of aromatic amines is 1. The summed E-state index contributed by atoms with van der Waals surface area (Å²) in [5, 5.41) is 3.81. The van der Waals surface area contributed by atoms with Crippen LogP contribution in [0.5, 0.6) is 0 Å². The highest BCUT2D eigenvalue weighted by Gasteiger charge is 2.13. The van der Waals surface area contributed by atoms with E-state index in [4.69, 9.17) is 5.73 Å². The largest absolute Gasteiger partial charge is 0.360 e. The SMILES string of the molecule is NC(CNC(=O)c1c[nH]c2ccccc12)c1ccccc1. The zero-order valence-corrected chi connectivity index (χ0v) is 11.5. The lowest BCUT2D eigenvalue weighted by Crippen LogP contribution is -2.31. The van der Waals surface area contributed by atoms with Crippen molar-refractivity contribution in [3.63, 3.8) is 0 Å². The number of fused-ring (bicyclic) bond motifs is 1. The number of H-pyrrole nitrogens is 1. The molecular formula is C17H17N3O. The Morgan fingerprint density at radius 2 is 1.81 bits per heavy atom. The van der Waals surface area contributed by atoms with E-state index in [9.17, 15) is 4.79 Å². The number of carbonyl (C=O) groups excluding carboxylic acids is 1. The Morgan fingerprint density at radius 3 is 2.62 bits per heavy atom. The molecule has 1 unspecified atom stereocenters. The van der Waals surface area contributed by atoms with Gasteiger partial charge in [-0.1, -0.05) is 48.5 Å². The Morgan fingerprint density at radius 1 is 1.10 bits per heavy atom. The molecule has 3 rings (SSSR count). The fourth-order valence-corrected chi connectivity index (χ4v) is 2.38. The van der Waals surface area contributed by atoms with E-state index in [1.54, 1.807) is 6.20 Å². The average Bonchev–Trinajstić information content (AvgIpc) is 2.97. The van der Waals surface area contributed by atoms with E-state index in [0.717, 1.165) is 16.5 Å². The van der Waals surface area contributed by atoms with Crippen molar-refractivity contribution in [3.05, 3.63) is 71.9 Å². The average molecular weight is 279 g/mol. The highest BCUT2D eigenvalue weighted by Crippen LogP contribution is 2.17. The second-order valence-corrected chi connectivity index (χ2v) is 4.98. The molecule has 2 aromatic carbocycles. The van der Waals surface area contributed by atoms with E-state index < -0.39 is 0 Å². The highest BCUT2D eigenvalue weighted by molar-refractivity contribution is 6.06. The van der Waals surface area contributed by atoms with Crippen molar-refractivity contribution in [3.8, 4) is 0 Å². The highest BCUT2D eigenvalue weighted by atomic mass is 16.1. The second-order valence-electron chi connectivity index (χ2n) is 4.98. The molecular weight excluding hydrogens is 262 g/mol. The van der Waals surface area contributed by atoms with Gasteiger partial charge in [0.25, 0.3) is 5.91 Å². The van der Waals surface area contributed by atoms with Gasteiger partial charge in [-0.3, -0.25) is 4.79 Å². The molecule has 1 atom stereocenters. The van der Waals surface area contributed by atoms with Crippen LogP contribution in [0.25, 0.3) is 10.9 Å². The van der Waals surface area contributed by atoms with E-state index >= 15 is 0 Å². The van der Waals surface area contributed by atoms with Crippen LogP contribution in [0, 0.1) is 0 Å². The first-order chi connectivity index (χ1) is 10.3. The lowest BCUT2D eigenvalue weighted by molar-refractivity contribution is 0.0953. The molecule has 0 aliphatic carbocycles. The fourth-order valence-electron chi connectivity index (χ4n) is 2.38. The maximum absolute atomic E-state index is 12.3. The molecule has 4 heteroatoms. The smallest absolute Gasteiger partial charge is 0.253 e. The van der Waals surface area contributed by atoms with Gasteiger partial charge in [0, 0.05) is 29.7 Å². The molecule has 0 saturated heterocycles. The molecule has 0 aliphatic heterocycles. The van der Waals surface area contributed by atoms with Crippen LogP contribution in [-0.4, -0.2) is 17.4 Å². The lowest BCUT2D eigenvalue weighted by atomic mass is 10.1. The van der Waals surface area contributed by atoms with Crippen LogP contribution in [0.3, 0.4) is 0 Å². The van der Waals surface area contributed by atoms with Crippen molar-refractivity contribution in [1.29, 1.82) is 0 Å². The molecule has 0 spiro atoms. The predicted octanol–water partition coefficient (Wildman–Crippen LogP) is 2.60. The molecule has 0 aliphatic rings. The normalized spacial score (nSPS) is 12.2. The van der Waals surface area contributed by atoms with Crippen LogP contribution in [-0.2, 0) is 0 Å². The minimum atomic E-state index is -0.208. The Hall–Kier alpha value is -2.59. The lowest BCUT2D eigenvalue weighted by Gasteiger charge is -2.12. The van der Waals surface area contributed by atoms with Crippen LogP contribution >= 0.6 is 0 Å². The van der Waals surface area contributed by atoms with Gasteiger partial charge in [0.2, 0.25) is 0 Å². The maximum atomic E-state index is 12.3. The first kappa shape index (κ1) is 13.4. The Labute approximate surface area is 123 Å². The number of nitrogens with one attached hydrogen (secondary N) is 2. The van der Waals surface area contributed by atoms with Gasteiger partial charge in [-0.2, -0.15) is 0 Å². The van der Waals surface area contributed by atoms with Crippen molar-refractivity contribution in [2.24, 2.45) is 5.73 Å². The zero-order chi connectivity index (χ0) is 14.7. The van der Waals surface area contributed by atoms with Crippen LogP contribution in [0.15, 0.2) is 60.8 Å². The zero-order valence-electron chi connectivity index (χ0n) is 11.5. The molecule has 1 heterocycles. The van der Waals surface area contributed by atoms with Crippen LogP contribution in [0.4, 0.5) is 0 Å². The summed E-state index contributed by atoms with van der Waals surface area (Å²) in [6, 6.07) is 17.3. The third kappa shape index (κ3) is 2.80. The van der Waals surface area contributed by atoms with Crippen molar-refractivity contribution in [2.75, 3.05) is 6.54 Å². The topological polar surface area (TPSA) is 70.9 Å². The Bertz CT molecular complexity index is 749. The number of nitrogens with two attached hydrogens (primary N) is 1. The number of rotatable bonds is 4. The third-order valence-electron chi connectivity index (χ3n) is 3.54. The number of hydrogen-bond acceptors (Lipinski definition) is 2. The van der Waals surface area contributed by atoms with E-state index in [-0.39, 0.29) is 11.9 Å². The number of aromatic nitrogens is 1. The number of hydrogen-bond donors (Lipinski definition) is 3. The van der Waals surface area contributed by atoms with Gasteiger partial charge < -0.3 is 16.0 Å². The fraction of sp³-hybridized carbons (Fsp3) is 0.118. The van der Waals surface area contributed by atoms with Crippen molar-refractivity contribution in [1.82, 2.24) is 10.3 Å². The molecule has 1 aromatic heterocycles. The molecule has 106 valence electrons. The van der Waals surface area contributed by atoms with Crippen LogP contribution < -0.4 is 11.1 Å².